The molecule has 1 aliphatic carbocycles. The standard InChI is InChI=1S/C10H19O2P/c1-8(11)12-7-9-3-5-10(13-2)6-4-9/h9-10,13H,3-7H2,1-2H3. The van der Waals surface area contributed by atoms with Gasteiger partial charge >= 0.3 is 5.97 Å². The van der Waals surface area contributed by atoms with E-state index in [4.69, 9.17) is 4.74 Å². The first kappa shape index (κ1) is 11.0. The van der Waals surface area contributed by atoms with Crippen LogP contribution < -0.4 is 0 Å². The molecule has 1 rings (SSSR count). The second-order valence-electron chi connectivity index (χ2n) is 3.81. The second kappa shape index (κ2) is 5.59. The minimum Gasteiger partial charge on any atom is -0.466 e. The van der Waals surface area contributed by atoms with Crippen molar-refractivity contribution in [3.05, 3.63) is 0 Å². The zero-order chi connectivity index (χ0) is 9.68. The number of carbonyl (C=O) groups excluding carboxylic acids is 1. The van der Waals surface area contributed by atoms with Crippen LogP contribution in [0.4, 0.5) is 0 Å². The molecule has 0 aromatic heterocycles. The van der Waals surface area contributed by atoms with Crippen LogP contribution in [0.1, 0.15) is 32.6 Å². The molecule has 1 fully saturated rings. The summed E-state index contributed by atoms with van der Waals surface area (Å²) in [6, 6.07) is 0. The predicted molar refractivity (Wildman–Crippen MR) is 56.6 cm³/mol. The first-order chi connectivity index (χ1) is 6.22. The van der Waals surface area contributed by atoms with E-state index in [1.54, 1.807) is 0 Å². The van der Waals surface area contributed by atoms with Crippen LogP contribution in [0.15, 0.2) is 0 Å². The Morgan fingerprint density at radius 3 is 2.46 bits per heavy atom. The van der Waals surface area contributed by atoms with Crippen molar-refractivity contribution in [3.63, 3.8) is 0 Å². The Kier molecular flexibility index (Phi) is 4.72. The summed E-state index contributed by atoms with van der Waals surface area (Å²) in [6.45, 7) is 4.42. The molecule has 0 saturated heterocycles. The lowest BCUT2D eigenvalue weighted by Gasteiger charge is -2.27. The van der Waals surface area contributed by atoms with Gasteiger partial charge in [0.15, 0.2) is 0 Å². The fraction of sp³-hybridized carbons (Fsp3) is 0.900. The van der Waals surface area contributed by atoms with Crippen LogP contribution in [0.5, 0.6) is 0 Å². The van der Waals surface area contributed by atoms with Crippen molar-refractivity contribution < 1.29 is 9.53 Å². The summed E-state index contributed by atoms with van der Waals surface area (Å²) in [4.78, 5) is 10.6. The third kappa shape index (κ3) is 4.08. The van der Waals surface area contributed by atoms with Gasteiger partial charge in [-0.2, -0.15) is 0 Å². The third-order valence-corrected chi connectivity index (χ3v) is 4.17. The van der Waals surface area contributed by atoms with Gasteiger partial charge in [-0.1, -0.05) is 0 Å². The quantitative estimate of drug-likeness (QED) is 0.519. The Bertz CT molecular complexity index is 162. The maximum atomic E-state index is 10.6. The van der Waals surface area contributed by atoms with Crippen molar-refractivity contribution in [2.45, 2.75) is 38.3 Å². The highest BCUT2D eigenvalue weighted by molar-refractivity contribution is 7.37. The summed E-state index contributed by atoms with van der Waals surface area (Å²) >= 11 is 0. The van der Waals surface area contributed by atoms with E-state index < -0.39 is 0 Å². The smallest absolute Gasteiger partial charge is 0.302 e. The molecule has 76 valence electrons. The van der Waals surface area contributed by atoms with Crippen LogP contribution in [0, 0.1) is 5.92 Å². The van der Waals surface area contributed by atoms with E-state index in [1.165, 1.54) is 32.6 Å². The molecule has 1 atom stereocenters. The number of ether oxygens (including phenoxy) is 1. The minimum atomic E-state index is -0.139. The molecule has 1 aliphatic rings. The summed E-state index contributed by atoms with van der Waals surface area (Å²) in [6.07, 6.45) is 5.17. The van der Waals surface area contributed by atoms with Gasteiger partial charge in [-0.05, 0) is 43.9 Å². The molecule has 13 heavy (non-hydrogen) atoms. The average Bonchev–Trinajstić information content (AvgIpc) is 2.15. The number of hydrogen-bond donors (Lipinski definition) is 0. The Balaban J connectivity index is 2.14. The summed E-state index contributed by atoms with van der Waals surface area (Å²) < 4.78 is 5.01. The van der Waals surface area contributed by atoms with Crippen LogP contribution in [-0.2, 0) is 9.53 Å². The molecular weight excluding hydrogens is 183 g/mol. The Morgan fingerprint density at radius 1 is 1.38 bits per heavy atom. The van der Waals surface area contributed by atoms with Gasteiger partial charge < -0.3 is 4.74 Å². The Labute approximate surface area is 82.2 Å². The van der Waals surface area contributed by atoms with Gasteiger partial charge in [0.1, 0.15) is 0 Å². The fourth-order valence-corrected chi connectivity index (χ4v) is 2.76. The zero-order valence-electron chi connectivity index (χ0n) is 8.51. The number of carbonyl (C=O) groups is 1. The first-order valence-corrected chi connectivity index (χ1v) is 6.60. The lowest BCUT2D eigenvalue weighted by atomic mass is 9.89. The van der Waals surface area contributed by atoms with E-state index in [-0.39, 0.29) is 5.97 Å². The number of hydrogen-bond acceptors (Lipinski definition) is 2. The fourth-order valence-electron chi connectivity index (χ4n) is 1.85. The topological polar surface area (TPSA) is 26.3 Å². The molecule has 0 N–H and O–H groups in total. The molecule has 0 aliphatic heterocycles. The second-order valence-corrected chi connectivity index (χ2v) is 5.20. The highest BCUT2D eigenvalue weighted by Gasteiger charge is 2.20. The molecule has 2 nitrogen and oxygen atoms in total. The molecule has 1 saturated carbocycles. The Hall–Kier alpha value is -0.100. The van der Waals surface area contributed by atoms with Crippen molar-refractivity contribution in [3.8, 4) is 0 Å². The summed E-state index contributed by atoms with van der Waals surface area (Å²) in [5, 5.41) is 0. The molecule has 0 aromatic carbocycles. The Morgan fingerprint density at radius 2 is 2.00 bits per heavy atom. The van der Waals surface area contributed by atoms with Gasteiger partial charge in [-0.3, -0.25) is 4.79 Å². The zero-order valence-corrected chi connectivity index (χ0v) is 9.51. The molecule has 0 radical (unpaired) electrons. The van der Waals surface area contributed by atoms with Crippen LogP contribution in [0.2, 0.25) is 0 Å². The van der Waals surface area contributed by atoms with E-state index in [2.05, 4.69) is 6.66 Å². The monoisotopic (exact) mass is 202 g/mol. The molecule has 0 amide bonds. The lowest BCUT2D eigenvalue weighted by molar-refractivity contribution is -0.142. The van der Waals surface area contributed by atoms with Gasteiger partial charge in [0.05, 0.1) is 6.61 Å². The first-order valence-electron chi connectivity index (χ1n) is 5.03. The van der Waals surface area contributed by atoms with Gasteiger partial charge in [-0.15, -0.1) is 8.58 Å². The van der Waals surface area contributed by atoms with E-state index in [9.17, 15) is 4.79 Å². The highest BCUT2D eigenvalue weighted by atomic mass is 31.1. The van der Waals surface area contributed by atoms with Crippen LogP contribution in [0.3, 0.4) is 0 Å². The molecule has 0 heterocycles. The lowest BCUT2D eigenvalue weighted by Crippen LogP contribution is -2.20. The third-order valence-electron chi connectivity index (χ3n) is 2.78. The van der Waals surface area contributed by atoms with E-state index >= 15 is 0 Å². The maximum absolute atomic E-state index is 10.6. The molecule has 0 bridgehead atoms. The van der Waals surface area contributed by atoms with Crippen molar-refractivity contribution in [2.75, 3.05) is 13.3 Å². The van der Waals surface area contributed by atoms with Gasteiger partial charge in [0, 0.05) is 6.92 Å². The van der Waals surface area contributed by atoms with Gasteiger partial charge in [-0.25, -0.2) is 0 Å². The molecule has 0 aromatic rings. The molecule has 3 heteroatoms. The van der Waals surface area contributed by atoms with E-state index in [1.807, 2.05) is 0 Å². The largest absolute Gasteiger partial charge is 0.466 e. The SMILES string of the molecule is CPC1CCC(COC(C)=O)CC1. The predicted octanol–water partition coefficient (Wildman–Crippen LogP) is 2.42. The van der Waals surface area contributed by atoms with Crippen molar-refractivity contribution in [2.24, 2.45) is 5.92 Å². The van der Waals surface area contributed by atoms with Crippen LogP contribution in [0.25, 0.3) is 0 Å². The normalized spacial score (nSPS) is 29.4. The number of rotatable bonds is 3. The molecular formula is C10H19O2P. The summed E-state index contributed by atoms with van der Waals surface area (Å²) in [5.41, 5.74) is 0.952. The summed E-state index contributed by atoms with van der Waals surface area (Å²) in [5.74, 6) is 0.496. The highest BCUT2D eigenvalue weighted by Crippen LogP contribution is 2.33. The molecule has 1 unspecified atom stereocenters. The minimum absolute atomic E-state index is 0.139. The van der Waals surface area contributed by atoms with Crippen LogP contribution in [-0.4, -0.2) is 24.9 Å². The van der Waals surface area contributed by atoms with Gasteiger partial charge in [0.25, 0.3) is 0 Å². The van der Waals surface area contributed by atoms with Crippen LogP contribution >= 0.6 is 8.58 Å². The van der Waals surface area contributed by atoms with E-state index in [0.717, 1.165) is 14.2 Å². The van der Waals surface area contributed by atoms with E-state index in [0.29, 0.717) is 12.5 Å². The molecule has 0 spiro atoms. The summed E-state index contributed by atoms with van der Waals surface area (Å²) in [7, 11) is 1.09. The number of esters is 1. The van der Waals surface area contributed by atoms with Gasteiger partial charge in [0.2, 0.25) is 0 Å². The maximum Gasteiger partial charge on any atom is 0.302 e. The van der Waals surface area contributed by atoms with Crippen molar-refractivity contribution in [1.29, 1.82) is 0 Å². The van der Waals surface area contributed by atoms with Crippen molar-refractivity contribution in [1.82, 2.24) is 0 Å². The van der Waals surface area contributed by atoms with Crippen molar-refractivity contribution >= 4 is 14.6 Å². The average molecular weight is 202 g/mol.